The molecule has 2 aromatic heterocycles. The van der Waals surface area contributed by atoms with Crippen molar-refractivity contribution in [2.75, 3.05) is 20.3 Å². The number of amides is 1. The molecule has 0 fully saturated rings. The Kier molecular flexibility index (Phi) is 4.83. The monoisotopic (exact) mass is 380 g/mol. The van der Waals surface area contributed by atoms with Gasteiger partial charge in [-0.3, -0.25) is 9.78 Å². The Morgan fingerprint density at radius 2 is 2.00 bits per heavy atom. The minimum absolute atomic E-state index is 0.170. The third-order valence-corrected chi connectivity index (χ3v) is 5.58. The van der Waals surface area contributed by atoms with E-state index in [4.69, 9.17) is 4.74 Å². The summed E-state index contributed by atoms with van der Waals surface area (Å²) in [6, 6.07) is 14.2. The zero-order chi connectivity index (χ0) is 18.8. The Hall–Kier alpha value is -2.83. The summed E-state index contributed by atoms with van der Waals surface area (Å²) >= 11 is 1.36. The van der Waals surface area contributed by atoms with E-state index < -0.39 is 0 Å². The molecule has 4 rings (SSSR count). The number of halogens is 1. The molecule has 2 heterocycles. The lowest BCUT2D eigenvalue weighted by atomic mass is 10.0. The molecule has 0 aliphatic rings. The minimum atomic E-state index is -0.322. The number of nitrogens with one attached hydrogen (secondary N) is 1. The molecule has 0 spiro atoms. The normalized spacial score (nSPS) is 11.2. The van der Waals surface area contributed by atoms with E-state index in [1.165, 1.54) is 23.5 Å². The van der Waals surface area contributed by atoms with Crippen LogP contribution in [0, 0.1) is 5.82 Å². The molecule has 0 unspecified atom stereocenters. The summed E-state index contributed by atoms with van der Waals surface area (Å²) in [6.07, 6.45) is 1.76. The van der Waals surface area contributed by atoms with Gasteiger partial charge in [0.1, 0.15) is 10.7 Å². The van der Waals surface area contributed by atoms with Crippen LogP contribution >= 0.6 is 11.3 Å². The van der Waals surface area contributed by atoms with Crippen molar-refractivity contribution in [3.05, 3.63) is 65.4 Å². The Morgan fingerprint density at radius 1 is 1.19 bits per heavy atom. The van der Waals surface area contributed by atoms with E-state index in [0.717, 1.165) is 21.2 Å². The first kappa shape index (κ1) is 17.6. The van der Waals surface area contributed by atoms with E-state index in [9.17, 15) is 9.18 Å². The zero-order valence-electron chi connectivity index (χ0n) is 14.7. The van der Waals surface area contributed by atoms with Crippen LogP contribution in [0.5, 0.6) is 0 Å². The van der Waals surface area contributed by atoms with Gasteiger partial charge in [-0.2, -0.15) is 0 Å². The predicted molar refractivity (Wildman–Crippen MR) is 107 cm³/mol. The maximum atomic E-state index is 13.8. The fourth-order valence-corrected chi connectivity index (χ4v) is 4.34. The van der Waals surface area contributed by atoms with Crippen molar-refractivity contribution >= 4 is 38.2 Å². The van der Waals surface area contributed by atoms with Gasteiger partial charge in [-0.05, 0) is 23.8 Å². The quantitative estimate of drug-likeness (QED) is 0.514. The van der Waals surface area contributed by atoms with E-state index in [1.807, 2.05) is 30.3 Å². The lowest BCUT2D eigenvalue weighted by molar-refractivity contribution is 0.0942. The maximum absolute atomic E-state index is 13.8. The fraction of sp³-hybridized carbons (Fsp3) is 0.143. The Bertz CT molecular complexity index is 1130. The number of benzene rings is 2. The van der Waals surface area contributed by atoms with Crippen molar-refractivity contribution in [1.29, 1.82) is 0 Å². The van der Waals surface area contributed by atoms with E-state index >= 15 is 0 Å². The molecule has 0 bridgehead atoms. The lowest BCUT2D eigenvalue weighted by Crippen LogP contribution is -2.26. The summed E-state index contributed by atoms with van der Waals surface area (Å²) in [5.74, 6) is -0.491. The van der Waals surface area contributed by atoms with Crippen molar-refractivity contribution in [2.45, 2.75) is 0 Å². The second kappa shape index (κ2) is 7.42. The molecule has 6 heteroatoms. The average molecular weight is 380 g/mol. The molecule has 0 atom stereocenters. The molecule has 0 saturated heterocycles. The van der Waals surface area contributed by atoms with Gasteiger partial charge in [0, 0.05) is 40.9 Å². The molecule has 0 radical (unpaired) electrons. The molecule has 1 amide bonds. The van der Waals surface area contributed by atoms with E-state index in [-0.39, 0.29) is 11.7 Å². The highest BCUT2D eigenvalue weighted by molar-refractivity contribution is 7.22. The highest BCUT2D eigenvalue weighted by atomic mass is 32.1. The second-order valence-corrected chi connectivity index (χ2v) is 7.10. The number of aromatic nitrogens is 1. The van der Waals surface area contributed by atoms with Crippen molar-refractivity contribution in [2.24, 2.45) is 0 Å². The second-order valence-electron chi connectivity index (χ2n) is 6.08. The summed E-state index contributed by atoms with van der Waals surface area (Å²) in [4.78, 5) is 17.9. The standard InChI is InChI=1S/C21H17FN2O2S/c1-26-10-9-23-21(25)20-18(13-5-3-2-4-6-13)16-12-24-17-8-7-14(22)11-15(17)19(16)27-20/h2-8,11-12H,9-10H2,1H3,(H,23,25). The van der Waals surface area contributed by atoms with E-state index in [0.29, 0.717) is 28.9 Å². The molecule has 4 aromatic rings. The van der Waals surface area contributed by atoms with Crippen molar-refractivity contribution in [3.8, 4) is 11.1 Å². The number of hydrogen-bond acceptors (Lipinski definition) is 4. The number of carbonyl (C=O) groups excluding carboxylic acids is 1. The van der Waals surface area contributed by atoms with Gasteiger partial charge in [0.2, 0.25) is 0 Å². The minimum Gasteiger partial charge on any atom is -0.383 e. The summed E-state index contributed by atoms with van der Waals surface area (Å²) in [6.45, 7) is 0.860. The third kappa shape index (κ3) is 3.29. The van der Waals surface area contributed by atoms with Crippen LogP contribution in [0.2, 0.25) is 0 Å². The number of rotatable bonds is 5. The van der Waals surface area contributed by atoms with Gasteiger partial charge in [-0.1, -0.05) is 30.3 Å². The van der Waals surface area contributed by atoms with Gasteiger partial charge in [-0.25, -0.2) is 4.39 Å². The Balaban J connectivity index is 1.96. The maximum Gasteiger partial charge on any atom is 0.262 e. The van der Waals surface area contributed by atoms with Crippen LogP contribution in [0.4, 0.5) is 4.39 Å². The van der Waals surface area contributed by atoms with Crippen LogP contribution in [0.25, 0.3) is 32.1 Å². The van der Waals surface area contributed by atoms with Crippen molar-refractivity contribution < 1.29 is 13.9 Å². The topological polar surface area (TPSA) is 51.2 Å². The highest BCUT2D eigenvalue weighted by Gasteiger charge is 2.21. The van der Waals surface area contributed by atoms with Crippen LogP contribution in [-0.2, 0) is 4.74 Å². The Morgan fingerprint density at radius 3 is 2.78 bits per heavy atom. The number of methoxy groups -OCH3 is 1. The number of pyridine rings is 1. The summed E-state index contributed by atoms with van der Waals surface area (Å²) in [7, 11) is 1.59. The van der Waals surface area contributed by atoms with Gasteiger partial charge in [-0.15, -0.1) is 11.3 Å². The molecule has 0 aliphatic carbocycles. The van der Waals surface area contributed by atoms with Crippen LogP contribution < -0.4 is 5.32 Å². The van der Waals surface area contributed by atoms with Crippen LogP contribution in [-0.4, -0.2) is 31.2 Å². The molecule has 1 N–H and O–H groups in total. The first-order valence-corrected chi connectivity index (χ1v) is 9.34. The molecule has 4 nitrogen and oxygen atoms in total. The van der Waals surface area contributed by atoms with Gasteiger partial charge < -0.3 is 10.1 Å². The van der Waals surface area contributed by atoms with Crippen LogP contribution in [0.1, 0.15) is 9.67 Å². The van der Waals surface area contributed by atoms with E-state index in [2.05, 4.69) is 10.3 Å². The molecule has 0 aliphatic heterocycles. The van der Waals surface area contributed by atoms with Crippen molar-refractivity contribution in [3.63, 3.8) is 0 Å². The fourth-order valence-electron chi connectivity index (χ4n) is 3.10. The van der Waals surface area contributed by atoms with Gasteiger partial charge >= 0.3 is 0 Å². The number of hydrogen-bond donors (Lipinski definition) is 1. The number of ether oxygens (including phenoxy) is 1. The van der Waals surface area contributed by atoms with E-state index in [1.54, 1.807) is 19.4 Å². The van der Waals surface area contributed by atoms with Gasteiger partial charge in [0.15, 0.2) is 0 Å². The van der Waals surface area contributed by atoms with Gasteiger partial charge in [0.05, 0.1) is 12.1 Å². The first-order valence-electron chi connectivity index (χ1n) is 8.52. The summed E-state index contributed by atoms with van der Waals surface area (Å²) in [5.41, 5.74) is 2.46. The first-order chi connectivity index (χ1) is 13.2. The average Bonchev–Trinajstić information content (AvgIpc) is 3.09. The number of fused-ring (bicyclic) bond motifs is 3. The van der Waals surface area contributed by atoms with Crippen LogP contribution in [0.15, 0.2) is 54.7 Å². The number of nitrogens with zero attached hydrogens (tertiary/aromatic N) is 1. The highest BCUT2D eigenvalue weighted by Crippen LogP contribution is 2.41. The zero-order valence-corrected chi connectivity index (χ0v) is 15.5. The SMILES string of the molecule is COCCNC(=O)c1sc2c(cnc3ccc(F)cc32)c1-c1ccccc1. The predicted octanol–water partition coefficient (Wildman–Crippen LogP) is 4.63. The Labute approximate surface area is 159 Å². The largest absolute Gasteiger partial charge is 0.383 e. The number of carbonyl (C=O) groups is 1. The smallest absolute Gasteiger partial charge is 0.262 e. The molecular weight excluding hydrogens is 363 g/mol. The third-order valence-electron chi connectivity index (χ3n) is 4.34. The molecule has 27 heavy (non-hydrogen) atoms. The molecule has 2 aromatic carbocycles. The van der Waals surface area contributed by atoms with Gasteiger partial charge in [0.25, 0.3) is 5.91 Å². The van der Waals surface area contributed by atoms with Crippen molar-refractivity contribution in [1.82, 2.24) is 10.3 Å². The molecular formula is C21H17FN2O2S. The lowest BCUT2D eigenvalue weighted by Gasteiger charge is -2.06. The number of thiophene rings is 1. The molecule has 136 valence electrons. The molecule has 0 saturated carbocycles. The van der Waals surface area contributed by atoms with Crippen LogP contribution in [0.3, 0.4) is 0 Å². The summed E-state index contributed by atoms with van der Waals surface area (Å²) in [5, 5.41) is 4.44. The summed E-state index contributed by atoms with van der Waals surface area (Å²) < 4.78 is 19.7.